The molecule has 1 aromatic carbocycles. The number of benzene rings is 1. The molecule has 1 fully saturated rings. The fourth-order valence-electron chi connectivity index (χ4n) is 4.20. The fourth-order valence-corrected chi connectivity index (χ4v) is 4.55. The van der Waals surface area contributed by atoms with Crippen molar-refractivity contribution in [3.8, 4) is 0 Å². The summed E-state index contributed by atoms with van der Waals surface area (Å²) in [4.78, 5) is 32.0. The molecule has 0 radical (unpaired) electrons. The van der Waals surface area contributed by atoms with Crippen LogP contribution in [0.5, 0.6) is 0 Å². The third kappa shape index (κ3) is 4.79. The number of hydrogen-bond acceptors (Lipinski definition) is 5. The number of rotatable bonds is 7. The number of carbonyl (C=O) groups is 2. The van der Waals surface area contributed by atoms with E-state index in [0.29, 0.717) is 24.2 Å². The molecule has 0 amide bonds. The molecule has 1 aliphatic rings. The van der Waals surface area contributed by atoms with E-state index in [0.717, 1.165) is 29.5 Å². The molecule has 162 valence electrons. The van der Waals surface area contributed by atoms with E-state index in [1.807, 2.05) is 35.2 Å². The van der Waals surface area contributed by atoms with Crippen LogP contribution in [0.15, 0.2) is 53.4 Å². The van der Waals surface area contributed by atoms with Crippen LogP contribution in [0.3, 0.4) is 0 Å². The average Bonchev–Trinajstić information content (AvgIpc) is 3.06. The lowest BCUT2D eigenvalue weighted by atomic mass is 10.0. The lowest BCUT2D eigenvalue weighted by Gasteiger charge is -2.37. The van der Waals surface area contributed by atoms with Crippen LogP contribution in [0.25, 0.3) is 10.9 Å². The van der Waals surface area contributed by atoms with E-state index in [9.17, 15) is 19.8 Å². The molecule has 3 aromatic rings. The van der Waals surface area contributed by atoms with E-state index in [1.54, 1.807) is 23.2 Å². The second kappa shape index (κ2) is 9.17. The molecule has 3 heterocycles. The third-order valence-corrected chi connectivity index (χ3v) is 6.13. The van der Waals surface area contributed by atoms with Crippen molar-refractivity contribution in [3.63, 3.8) is 0 Å². The minimum atomic E-state index is -0.972. The van der Waals surface area contributed by atoms with Crippen molar-refractivity contribution in [2.75, 3.05) is 26.2 Å². The second-order valence-electron chi connectivity index (χ2n) is 7.68. The molecular formula is C22H23BrN4O4. The summed E-state index contributed by atoms with van der Waals surface area (Å²) < 4.78 is 2.42. The molecule has 0 spiro atoms. The van der Waals surface area contributed by atoms with Crippen LogP contribution in [0.2, 0.25) is 0 Å². The standard InChI is InChI=1S/C22H23BrN4O4/c23-16-1-2-17-18(13-27(14-20(28)29)19(17)11-16)21(22(30)31)26-9-7-25(8-10-26)12-15-3-5-24-6-4-15/h1-6,11,13,21H,7-10,12,14H2,(H,28,29)(H,30,31)/t21-/m1/s1. The molecular weight excluding hydrogens is 464 g/mol. The number of pyridine rings is 1. The average molecular weight is 487 g/mol. The molecule has 8 nitrogen and oxygen atoms in total. The van der Waals surface area contributed by atoms with Crippen LogP contribution in [0, 0.1) is 0 Å². The van der Waals surface area contributed by atoms with Gasteiger partial charge in [0, 0.05) is 66.7 Å². The second-order valence-corrected chi connectivity index (χ2v) is 8.59. The zero-order valence-corrected chi connectivity index (χ0v) is 18.4. The van der Waals surface area contributed by atoms with E-state index in [-0.39, 0.29) is 6.54 Å². The molecule has 0 saturated carbocycles. The van der Waals surface area contributed by atoms with Gasteiger partial charge >= 0.3 is 11.9 Å². The van der Waals surface area contributed by atoms with E-state index < -0.39 is 18.0 Å². The zero-order chi connectivity index (χ0) is 22.0. The van der Waals surface area contributed by atoms with E-state index in [2.05, 4.69) is 25.8 Å². The van der Waals surface area contributed by atoms with Crippen molar-refractivity contribution >= 4 is 38.8 Å². The highest BCUT2D eigenvalue weighted by atomic mass is 79.9. The maximum atomic E-state index is 12.3. The Hall–Kier alpha value is -2.75. The molecule has 0 aliphatic carbocycles. The topological polar surface area (TPSA) is 98.9 Å². The quantitative estimate of drug-likeness (QED) is 0.529. The van der Waals surface area contributed by atoms with Gasteiger partial charge in [0.15, 0.2) is 0 Å². The van der Waals surface area contributed by atoms with Crippen molar-refractivity contribution in [2.24, 2.45) is 0 Å². The van der Waals surface area contributed by atoms with Crippen molar-refractivity contribution in [2.45, 2.75) is 19.1 Å². The Balaban J connectivity index is 1.58. The summed E-state index contributed by atoms with van der Waals surface area (Å²) in [5.41, 5.74) is 2.51. The van der Waals surface area contributed by atoms with Gasteiger partial charge in [-0.1, -0.05) is 22.0 Å². The van der Waals surface area contributed by atoms with E-state index in [4.69, 9.17) is 0 Å². The maximum absolute atomic E-state index is 12.3. The molecule has 1 saturated heterocycles. The summed E-state index contributed by atoms with van der Waals surface area (Å²) in [5, 5.41) is 20.1. The van der Waals surface area contributed by atoms with Crippen LogP contribution in [-0.2, 0) is 22.7 Å². The lowest BCUT2D eigenvalue weighted by Crippen LogP contribution is -2.48. The Morgan fingerprint density at radius 3 is 2.42 bits per heavy atom. The van der Waals surface area contributed by atoms with E-state index in [1.165, 1.54) is 5.56 Å². The lowest BCUT2D eigenvalue weighted by molar-refractivity contribution is -0.144. The normalized spacial score (nSPS) is 16.4. The molecule has 2 aromatic heterocycles. The van der Waals surface area contributed by atoms with Gasteiger partial charge in [-0.15, -0.1) is 0 Å². The Bertz CT molecular complexity index is 1090. The molecule has 9 heteroatoms. The van der Waals surface area contributed by atoms with Crippen molar-refractivity contribution in [1.29, 1.82) is 0 Å². The molecule has 4 rings (SSSR count). The van der Waals surface area contributed by atoms with Gasteiger partial charge in [0.05, 0.1) is 5.52 Å². The highest BCUT2D eigenvalue weighted by Gasteiger charge is 2.33. The van der Waals surface area contributed by atoms with Gasteiger partial charge in [0.2, 0.25) is 0 Å². The summed E-state index contributed by atoms with van der Waals surface area (Å²) in [6, 6.07) is 8.67. The van der Waals surface area contributed by atoms with Crippen LogP contribution < -0.4 is 0 Å². The monoisotopic (exact) mass is 486 g/mol. The van der Waals surface area contributed by atoms with Crippen LogP contribution in [0.1, 0.15) is 17.2 Å². The predicted molar refractivity (Wildman–Crippen MR) is 119 cm³/mol. The van der Waals surface area contributed by atoms with Gasteiger partial charge in [0.1, 0.15) is 12.6 Å². The Morgan fingerprint density at radius 2 is 1.77 bits per heavy atom. The molecule has 1 aliphatic heterocycles. The summed E-state index contributed by atoms with van der Waals surface area (Å²) in [7, 11) is 0. The first-order chi connectivity index (χ1) is 14.9. The van der Waals surface area contributed by atoms with Crippen LogP contribution in [-0.4, -0.2) is 67.7 Å². The summed E-state index contributed by atoms with van der Waals surface area (Å²) in [5.74, 6) is -1.90. The molecule has 31 heavy (non-hydrogen) atoms. The van der Waals surface area contributed by atoms with Crippen molar-refractivity contribution in [3.05, 3.63) is 64.5 Å². The van der Waals surface area contributed by atoms with Crippen LogP contribution in [0.4, 0.5) is 0 Å². The minimum absolute atomic E-state index is 0.223. The first kappa shape index (κ1) is 21.5. The SMILES string of the molecule is O=C(O)Cn1cc([C@H](C(=O)O)N2CCN(Cc3ccncc3)CC2)c2ccc(Br)cc21. The first-order valence-electron chi connectivity index (χ1n) is 10.0. The smallest absolute Gasteiger partial charge is 0.325 e. The van der Waals surface area contributed by atoms with Crippen LogP contribution >= 0.6 is 15.9 Å². The third-order valence-electron chi connectivity index (χ3n) is 5.64. The Kier molecular flexibility index (Phi) is 6.35. The number of carboxylic acids is 2. The molecule has 0 unspecified atom stereocenters. The maximum Gasteiger partial charge on any atom is 0.325 e. The molecule has 0 bridgehead atoms. The predicted octanol–water partition coefficient (Wildman–Crippen LogP) is 2.83. The van der Waals surface area contributed by atoms with Gasteiger partial charge in [-0.3, -0.25) is 24.4 Å². The highest BCUT2D eigenvalue weighted by molar-refractivity contribution is 9.10. The van der Waals surface area contributed by atoms with Gasteiger partial charge in [-0.25, -0.2) is 0 Å². The fraction of sp³-hybridized carbons (Fsp3) is 0.318. The molecule has 2 N–H and O–H groups in total. The highest BCUT2D eigenvalue weighted by Crippen LogP contribution is 2.33. The van der Waals surface area contributed by atoms with Gasteiger partial charge < -0.3 is 14.8 Å². The van der Waals surface area contributed by atoms with E-state index >= 15 is 0 Å². The number of fused-ring (bicyclic) bond motifs is 1. The Labute approximate surface area is 187 Å². The summed E-state index contributed by atoms with van der Waals surface area (Å²) in [6.45, 7) is 3.32. The number of carboxylic acid groups (broad SMARTS) is 2. The minimum Gasteiger partial charge on any atom is -0.480 e. The number of halogens is 1. The van der Waals surface area contributed by atoms with Gasteiger partial charge in [-0.2, -0.15) is 0 Å². The Morgan fingerprint density at radius 1 is 1.06 bits per heavy atom. The number of nitrogens with zero attached hydrogens (tertiary/aromatic N) is 4. The van der Waals surface area contributed by atoms with Gasteiger partial charge in [-0.05, 0) is 29.8 Å². The number of hydrogen-bond donors (Lipinski definition) is 2. The first-order valence-corrected chi connectivity index (χ1v) is 10.8. The largest absolute Gasteiger partial charge is 0.480 e. The molecule has 1 atom stereocenters. The van der Waals surface area contributed by atoms with Crippen molar-refractivity contribution < 1.29 is 19.8 Å². The summed E-state index contributed by atoms with van der Waals surface area (Å²) in [6.07, 6.45) is 5.22. The summed E-state index contributed by atoms with van der Waals surface area (Å²) >= 11 is 3.42. The number of aromatic nitrogens is 2. The van der Waals surface area contributed by atoms with Crippen molar-refractivity contribution in [1.82, 2.24) is 19.4 Å². The zero-order valence-electron chi connectivity index (χ0n) is 16.8. The number of piperazine rings is 1. The number of aliphatic carboxylic acids is 2. The van der Waals surface area contributed by atoms with Gasteiger partial charge in [0.25, 0.3) is 0 Å².